The fourth-order valence-electron chi connectivity index (χ4n) is 4.66. The predicted octanol–water partition coefficient (Wildman–Crippen LogP) is 1.03. The maximum atomic E-state index is 12.3. The number of hydrogen-bond donors (Lipinski definition) is 2. The van der Waals surface area contributed by atoms with Crippen molar-refractivity contribution in [2.24, 2.45) is 11.8 Å². The molecule has 0 aromatic heterocycles. The van der Waals surface area contributed by atoms with Crippen LogP contribution in [0.1, 0.15) is 45.4 Å². The molecule has 3 aliphatic rings. The molecular weight excluding hydrogens is 266 g/mol. The molecule has 5 atom stereocenters. The van der Waals surface area contributed by atoms with Crippen LogP contribution in [0.5, 0.6) is 0 Å². The quantitative estimate of drug-likeness (QED) is 0.814. The van der Waals surface area contributed by atoms with Crippen molar-refractivity contribution in [3.05, 3.63) is 0 Å². The molecule has 2 aliphatic carbocycles. The van der Waals surface area contributed by atoms with Crippen molar-refractivity contribution in [1.29, 1.82) is 5.26 Å². The lowest BCUT2D eigenvalue weighted by molar-refractivity contribution is -0.130. The van der Waals surface area contributed by atoms with Gasteiger partial charge in [0.2, 0.25) is 5.91 Å². The Morgan fingerprint density at radius 1 is 1.43 bits per heavy atom. The minimum Gasteiger partial charge on any atom is -0.393 e. The van der Waals surface area contributed by atoms with Gasteiger partial charge >= 0.3 is 0 Å². The van der Waals surface area contributed by atoms with Gasteiger partial charge in [0, 0.05) is 12.1 Å². The van der Waals surface area contributed by atoms with Gasteiger partial charge < -0.3 is 15.3 Å². The van der Waals surface area contributed by atoms with Crippen LogP contribution in [0.15, 0.2) is 0 Å². The van der Waals surface area contributed by atoms with Gasteiger partial charge in [0.1, 0.15) is 6.04 Å². The Labute approximate surface area is 126 Å². The molecular formula is C16H25N3O2. The summed E-state index contributed by atoms with van der Waals surface area (Å²) in [6.07, 6.45) is 5.54. The summed E-state index contributed by atoms with van der Waals surface area (Å²) in [6.45, 7) is 3.24. The van der Waals surface area contributed by atoms with E-state index in [0.29, 0.717) is 24.9 Å². The zero-order valence-electron chi connectivity index (χ0n) is 12.7. The third-order valence-electron chi connectivity index (χ3n) is 5.63. The van der Waals surface area contributed by atoms with E-state index in [-0.39, 0.29) is 23.6 Å². The van der Waals surface area contributed by atoms with E-state index in [1.54, 1.807) is 4.90 Å². The molecule has 3 rings (SSSR count). The fraction of sp³-hybridized carbons (Fsp3) is 0.875. The number of aliphatic hydroxyl groups excluding tert-OH is 1. The Bertz CT molecular complexity index is 445. The minimum atomic E-state index is -0.231. The summed E-state index contributed by atoms with van der Waals surface area (Å²) < 4.78 is 0. The van der Waals surface area contributed by atoms with Crippen molar-refractivity contribution in [2.75, 3.05) is 13.1 Å². The molecule has 2 N–H and O–H groups in total. The predicted molar refractivity (Wildman–Crippen MR) is 78.2 cm³/mol. The highest BCUT2D eigenvalue weighted by Gasteiger charge is 2.46. The van der Waals surface area contributed by atoms with Gasteiger partial charge in [0.25, 0.3) is 0 Å². The van der Waals surface area contributed by atoms with Gasteiger partial charge in [0.15, 0.2) is 0 Å². The standard InChI is InChI=1S/C16H25N3O2/c1-16(7-11-5-14(20)6-12(11)8-16)18-10-15(21)19-4-2-3-13(19)9-17/h11-14,18,20H,2-8,10H2,1H3/t11-,12+,13-,14?,16?/m0/s1. The van der Waals surface area contributed by atoms with Crippen molar-refractivity contribution in [3.63, 3.8) is 0 Å². The van der Waals surface area contributed by atoms with Crippen molar-refractivity contribution >= 4 is 5.91 Å². The molecule has 2 saturated carbocycles. The summed E-state index contributed by atoms with van der Waals surface area (Å²) in [7, 11) is 0. The summed E-state index contributed by atoms with van der Waals surface area (Å²) >= 11 is 0. The van der Waals surface area contributed by atoms with Crippen molar-refractivity contribution in [2.45, 2.75) is 63.1 Å². The lowest BCUT2D eigenvalue weighted by atomic mass is 9.96. The Morgan fingerprint density at radius 2 is 2.10 bits per heavy atom. The first-order chi connectivity index (χ1) is 10.0. The van der Waals surface area contributed by atoms with Crippen LogP contribution in [0.2, 0.25) is 0 Å². The summed E-state index contributed by atoms with van der Waals surface area (Å²) in [4.78, 5) is 14.0. The smallest absolute Gasteiger partial charge is 0.237 e. The molecule has 0 aromatic rings. The van der Waals surface area contributed by atoms with Gasteiger partial charge in [-0.2, -0.15) is 5.26 Å². The van der Waals surface area contributed by atoms with Gasteiger partial charge in [-0.3, -0.25) is 4.79 Å². The van der Waals surface area contributed by atoms with Crippen LogP contribution in [-0.2, 0) is 4.79 Å². The number of aliphatic hydroxyl groups is 1. The lowest BCUT2D eigenvalue weighted by Crippen LogP contribution is -2.48. The van der Waals surface area contributed by atoms with Crippen LogP contribution >= 0.6 is 0 Å². The third kappa shape index (κ3) is 2.93. The highest BCUT2D eigenvalue weighted by atomic mass is 16.3. The minimum absolute atomic E-state index is 0.00694. The molecule has 1 saturated heterocycles. The Balaban J connectivity index is 1.51. The van der Waals surface area contributed by atoms with Gasteiger partial charge in [0.05, 0.1) is 18.7 Å². The molecule has 0 spiro atoms. The Hall–Kier alpha value is -1.12. The van der Waals surface area contributed by atoms with Crippen LogP contribution in [0.3, 0.4) is 0 Å². The molecule has 21 heavy (non-hydrogen) atoms. The molecule has 1 heterocycles. The number of nitrogens with zero attached hydrogens (tertiary/aromatic N) is 2. The first-order valence-corrected chi connectivity index (χ1v) is 8.13. The molecule has 3 fully saturated rings. The van der Waals surface area contributed by atoms with E-state index < -0.39 is 0 Å². The second-order valence-corrected chi connectivity index (χ2v) is 7.34. The van der Waals surface area contributed by atoms with Crippen LogP contribution in [-0.4, -0.2) is 46.7 Å². The van der Waals surface area contributed by atoms with E-state index in [9.17, 15) is 9.90 Å². The average molecular weight is 291 g/mol. The van der Waals surface area contributed by atoms with Crippen molar-refractivity contribution < 1.29 is 9.90 Å². The van der Waals surface area contributed by atoms with E-state index in [1.165, 1.54) is 0 Å². The van der Waals surface area contributed by atoms with E-state index in [1.807, 2.05) is 0 Å². The van der Waals surface area contributed by atoms with Crippen molar-refractivity contribution in [3.8, 4) is 6.07 Å². The number of fused-ring (bicyclic) bond motifs is 1. The lowest BCUT2D eigenvalue weighted by Gasteiger charge is -2.29. The number of likely N-dealkylation sites (tertiary alicyclic amines) is 1. The number of nitrogens with one attached hydrogen (secondary N) is 1. The second kappa shape index (κ2) is 5.58. The monoisotopic (exact) mass is 291 g/mol. The van der Waals surface area contributed by atoms with Crippen molar-refractivity contribution in [1.82, 2.24) is 10.2 Å². The fourth-order valence-corrected chi connectivity index (χ4v) is 4.66. The second-order valence-electron chi connectivity index (χ2n) is 7.34. The van der Waals surface area contributed by atoms with Crippen LogP contribution in [0, 0.1) is 23.2 Å². The number of carbonyl (C=O) groups excluding carboxylic acids is 1. The topological polar surface area (TPSA) is 76.4 Å². The zero-order chi connectivity index (χ0) is 15.0. The molecule has 5 heteroatoms. The molecule has 5 nitrogen and oxygen atoms in total. The maximum Gasteiger partial charge on any atom is 0.237 e. The molecule has 1 amide bonds. The van der Waals surface area contributed by atoms with Gasteiger partial charge in [-0.15, -0.1) is 0 Å². The largest absolute Gasteiger partial charge is 0.393 e. The summed E-state index contributed by atoms with van der Waals surface area (Å²) in [5.74, 6) is 1.26. The van der Waals surface area contributed by atoms with E-state index in [4.69, 9.17) is 5.26 Å². The van der Waals surface area contributed by atoms with Gasteiger partial charge in [-0.05, 0) is 57.3 Å². The summed E-state index contributed by atoms with van der Waals surface area (Å²) in [5.41, 5.74) is 0.00694. The molecule has 0 radical (unpaired) electrons. The maximum absolute atomic E-state index is 12.3. The number of amides is 1. The average Bonchev–Trinajstić information content (AvgIpc) is 3.09. The van der Waals surface area contributed by atoms with Crippen LogP contribution in [0.4, 0.5) is 0 Å². The van der Waals surface area contributed by atoms with Crippen LogP contribution in [0.25, 0.3) is 0 Å². The first kappa shape index (κ1) is 14.8. The Kier molecular flexibility index (Phi) is 3.94. The number of rotatable bonds is 3. The van der Waals surface area contributed by atoms with E-state index in [0.717, 1.165) is 38.5 Å². The normalized spacial score (nSPS) is 42.0. The number of carbonyl (C=O) groups is 1. The first-order valence-electron chi connectivity index (χ1n) is 8.13. The van der Waals surface area contributed by atoms with Gasteiger partial charge in [-0.1, -0.05) is 0 Å². The molecule has 116 valence electrons. The van der Waals surface area contributed by atoms with E-state index in [2.05, 4.69) is 18.3 Å². The third-order valence-corrected chi connectivity index (χ3v) is 5.63. The van der Waals surface area contributed by atoms with Gasteiger partial charge in [-0.25, -0.2) is 0 Å². The molecule has 0 bridgehead atoms. The molecule has 0 aromatic carbocycles. The zero-order valence-corrected chi connectivity index (χ0v) is 12.7. The summed E-state index contributed by atoms with van der Waals surface area (Å²) in [6, 6.07) is 1.99. The number of nitriles is 1. The number of hydrogen-bond acceptors (Lipinski definition) is 4. The SMILES string of the molecule is CC1(NCC(=O)N2CCC[C@H]2C#N)C[C@H]2CC(O)C[C@H]2C1. The highest BCUT2D eigenvalue weighted by Crippen LogP contribution is 2.48. The Morgan fingerprint density at radius 3 is 2.71 bits per heavy atom. The van der Waals surface area contributed by atoms with Crippen LogP contribution < -0.4 is 5.32 Å². The molecule has 1 aliphatic heterocycles. The molecule has 2 unspecified atom stereocenters. The highest BCUT2D eigenvalue weighted by molar-refractivity contribution is 5.79. The summed E-state index contributed by atoms with van der Waals surface area (Å²) in [5, 5.41) is 22.2. The van der Waals surface area contributed by atoms with E-state index >= 15 is 0 Å².